The minimum Gasteiger partial charge on any atom is -0.478 e. The minimum absolute atomic E-state index is 0.143. The number of carboxylic acid groups (broad SMARTS) is 1. The standard InChI is InChI=1S/C15H10I2N4O2/c16-8-6-19-15(18)21-12(8)13-10(17)9(14(22)23)11(20-13)7-4-2-1-3-5-7/h1-6,20H,(H,22,23)(H2,18,19,21). The third-order valence-electron chi connectivity index (χ3n) is 3.21. The lowest BCUT2D eigenvalue weighted by Gasteiger charge is -2.03. The average molecular weight is 532 g/mol. The van der Waals surface area contributed by atoms with Gasteiger partial charge in [0.2, 0.25) is 5.95 Å². The quantitative estimate of drug-likeness (QED) is 0.448. The molecule has 2 heterocycles. The number of benzene rings is 1. The predicted octanol–water partition coefficient (Wildman–Crippen LogP) is 3.63. The molecule has 1 aromatic carbocycles. The molecule has 4 N–H and O–H groups in total. The van der Waals surface area contributed by atoms with Gasteiger partial charge in [0.1, 0.15) is 5.69 Å². The molecule has 0 unspecified atom stereocenters. The Hall–Kier alpha value is -1.69. The number of aromatic carboxylic acids is 1. The Kier molecular flexibility index (Phi) is 4.53. The maximum Gasteiger partial charge on any atom is 0.339 e. The molecular weight excluding hydrogens is 522 g/mol. The summed E-state index contributed by atoms with van der Waals surface area (Å²) in [4.78, 5) is 23.1. The van der Waals surface area contributed by atoms with Crippen molar-refractivity contribution in [2.75, 3.05) is 5.73 Å². The zero-order chi connectivity index (χ0) is 16.6. The van der Waals surface area contributed by atoms with Gasteiger partial charge < -0.3 is 15.8 Å². The first kappa shape index (κ1) is 16.2. The Balaban J connectivity index is 2.28. The molecule has 6 nitrogen and oxygen atoms in total. The molecule has 8 heteroatoms. The molecule has 0 radical (unpaired) electrons. The van der Waals surface area contributed by atoms with Crippen LogP contribution in [0, 0.1) is 7.14 Å². The zero-order valence-corrected chi connectivity index (χ0v) is 15.9. The van der Waals surface area contributed by atoms with Crippen LogP contribution in [0.3, 0.4) is 0 Å². The molecule has 0 fully saturated rings. The van der Waals surface area contributed by atoms with Crippen LogP contribution in [0.5, 0.6) is 0 Å². The fraction of sp³-hybridized carbons (Fsp3) is 0. The second-order valence-corrected chi connectivity index (χ2v) is 6.90. The molecule has 0 aliphatic heterocycles. The number of rotatable bonds is 3. The van der Waals surface area contributed by atoms with Crippen LogP contribution < -0.4 is 5.73 Å². The highest BCUT2D eigenvalue weighted by atomic mass is 127. The fourth-order valence-electron chi connectivity index (χ4n) is 2.22. The lowest BCUT2D eigenvalue weighted by atomic mass is 10.1. The van der Waals surface area contributed by atoms with E-state index in [2.05, 4.69) is 37.5 Å². The second-order valence-electron chi connectivity index (χ2n) is 4.66. The number of aromatic amines is 1. The molecule has 0 aliphatic rings. The Morgan fingerprint density at radius 1 is 1.17 bits per heavy atom. The summed E-state index contributed by atoms with van der Waals surface area (Å²) in [7, 11) is 0. The van der Waals surface area contributed by atoms with Gasteiger partial charge in [0.25, 0.3) is 0 Å². The first-order valence-electron chi connectivity index (χ1n) is 6.47. The average Bonchev–Trinajstić information content (AvgIpc) is 2.88. The van der Waals surface area contributed by atoms with Crippen LogP contribution in [0.15, 0.2) is 36.5 Å². The summed E-state index contributed by atoms with van der Waals surface area (Å²) in [6, 6.07) is 9.32. The Labute approximate surface area is 158 Å². The van der Waals surface area contributed by atoms with E-state index in [1.807, 2.05) is 52.9 Å². The van der Waals surface area contributed by atoms with Crippen molar-refractivity contribution in [1.82, 2.24) is 15.0 Å². The van der Waals surface area contributed by atoms with E-state index >= 15 is 0 Å². The maximum atomic E-state index is 11.7. The van der Waals surface area contributed by atoms with Crippen LogP contribution >= 0.6 is 45.2 Å². The summed E-state index contributed by atoms with van der Waals surface area (Å²) >= 11 is 4.12. The Bertz CT molecular complexity index is 894. The first-order valence-corrected chi connectivity index (χ1v) is 8.63. The topological polar surface area (TPSA) is 105 Å². The largest absolute Gasteiger partial charge is 0.478 e. The molecule has 0 spiro atoms. The van der Waals surface area contributed by atoms with Gasteiger partial charge in [-0.25, -0.2) is 14.8 Å². The third kappa shape index (κ3) is 3.04. The van der Waals surface area contributed by atoms with Crippen molar-refractivity contribution in [2.24, 2.45) is 0 Å². The summed E-state index contributed by atoms with van der Waals surface area (Å²) < 4.78 is 1.37. The molecule has 0 amide bonds. The predicted molar refractivity (Wildman–Crippen MR) is 104 cm³/mol. The van der Waals surface area contributed by atoms with E-state index in [1.54, 1.807) is 6.20 Å². The van der Waals surface area contributed by atoms with Gasteiger partial charge in [0, 0.05) is 6.20 Å². The molecule has 3 aromatic rings. The number of nitrogens with two attached hydrogens (primary N) is 1. The molecule has 0 bridgehead atoms. The zero-order valence-electron chi connectivity index (χ0n) is 11.5. The Morgan fingerprint density at radius 2 is 1.87 bits per heavy atom. The number of halogens is 2. The summed E-state index contributed by atoms with van der Waals surface area (Å²) in [5.74, 6) is -0.850. The number of nitrogens with zero attached hydrogens (tertiary/aromatic N) is 2. The van der Waals surface area contributed by atoms with E-state index < -0.39 is 5.97 Å². The van der Waals surface area contributed by atoms with E-state index in [0.717, 1.165) is 9.13 Å². The number of carboxylic acids is 1. The normalized spacial score (nSPS) is 10.7. The highest BCUT2D eigenvalue weighted by molar-refractivity contribution is 14.1. The van der Waals surface area contributed by atoms with Gasteiger partial charge in [-0.2, -0.15) is 0 Å². The molecule has 3 rings (SSSR count). The number of nitrogens with one attached hydrogen (secondary N) is 1. The molecule has 0 saturated heterocycles. The van der Waals surface area contributed by atoms with E-state index in [1.165, 1.54) is 0 Å². The highest BCUT2D eigenvalue weighted by Gasteiger charge is 2.24. The minimum atomic E-state index is -0.993. The lowest BCUT2D eigenvalue weighted by molar-refractivity contribution is 0.0697. The summed E-state index contributed by atoms with van der Waals surface area (Å²) in [6.45, 7) is 0. The van der Waals surface area contributed by atoms with Crippen molar-refractivity contribution in [3.63, 3.8) is 0 Å². The highest BCUT2D eigenvalue weighted by Crippen LogP contribution is 2.35. The first-order chi connectivity index (χ1) is 11.0. The van der Waals surface area contributed by atoms with Gasteiger partial charge >= 0.3 is 5.97 Å². The maximum absolute atomic E-state index is 11.7. The Morgan fingerprint density at radius 3 is 2.52 bits per heavy atom. The SMILES string of the molecule is Nc1ncc(I)c(-c2[nH]c(-c3ccccc3)c(C(=O)O)c2I)n1. The molecule has 0 saturated carbocycles. The van der Waals surface area contributed by atoms with Gasteiger partial charge in [-0.15, -0.1) is 0 Å². The van der Waals surface area contributed by atoms with Crippen molar-refractivity contribution in [3.8, 4) is 22.6 Å². The number of hydrogen-bond acceptors (Lipinski definition) is 4. The molecular formula is C15H10I2N4O2. The summed E-state index contributed by atoms with van der Waals surface area (Å²) in [5, 5.41) is 9.61. The van der Waals surface area contributed by atoms with Crippen molar-refractivity contribution >= 4 is 57.1 Å². The van der Waals surface area contributed by atoms with Crippen LogP contribution in [0.4, 0.5) is 5.95 Å². The van der Waals surface area contributed by atoms with Crippen molar-refractivity contribution < 1.29 is 9.90 Å². The van der Waals surface area contributed by atoms with Gasteiger partial charge in [-0.3, -0.25) is 0 Å². The van der Waals surface area contributed by atoms with E-state index in [9.17, 15) is 9.90 Å². The smallest absolute Gasteiger partial charge is 0.339 e. The second kappa shape index (κ2) is 6.43. The summed E-state index contributed by atoms with van der Waals surface area (Å²) in [6.07, 6.45) is 1.61. The monoisotopic (exact) mass is 532 g/mol. The van der Waals surface area contributed by atoms with Crippen molar-refractivity contribution in [1.29, 1.82) is 0 Å². The van der Waals surface area contributed by atoms with Gasteiger partial charge in [0.05, 0.1) is 24.1 Å². The van der Waals surface area contributed by atoms with Crippen molar-refractivity contribution in [2.45, 2.75) is 0 Å². The van der Waals surface area contributed by atoms with Crippen LogP contribution in [-0.2, 0) is 0 Å². The molecule has 0 aliphatic carbocycles. The fourth-order valence-corrected chi connectivity index (χ4v) is 3.64. The van der Waals surface area contributed by atoms with Crippen LogP contribution in [-0.4, -0.2) is 26.0 Å². The van der Waals surface area contributed by atoms with Crippen LogP contribution in [0.25, 0.3) is 22.6 Å². The van der Waals surface area contributed by atoms with Gasteiger partial charge in [0.15, 0.2) is 0 Å². The number of anilines is 1. The summed E-state index contributed by atoms with van der Waals surface area (Å²) in [5.41, 5.74) is 8.45. The molecule has 2 aromatic heterocycles. The number of nitrogen functional groups attached to an aromatic ring is 1. The molecule has 23 heavy (non-hydrogen) atoms. The van der Waals surface area contributed by atoms with Gasteiger partial charge in [-0.1, -0.05) is 30.3 Å². The van der Waals surface area contributed by atoms with E-state index in [-0.39, 0.29) is 11.5 Å². The lowest BCUT2D eigenvalue weighted by Crippen LogP contribution is -2.00. The van der Waals surface area contributed by atoms with E-state index in [0.29, 0.717) is 20.7 Å². The molecule has 0 atom stereocenters. The number of carbonyl (C=O) groups is 1. The third-order valence-corrected chi connectivity index (χ3v) is 5.08. The van der Waals surface area contributed by atoms with Crippen LogP contribution in [0.1, 0.15) is 10.4 Å². The number of hydrogen-bond donors (Lipinski definition) is 3. The van der Waals surface area contributed by atoms with Crippen molar-refractivity contribution in [3.05, 3.63) is 49.2 Å². The van der Waals surface area contributed by atoms with Crippen LogP contribution in [0.2, 0.25) is 0 Å². The number of aromatic nitrogens is 3. The van der Waals surface area contributed by atoms with Gasteiger partial charge in [-0.05, 0) is 50.7 Å². The van der Waals surface area contributed by atoms with E-state index in [4.69, 9.17) is 5.73 Å². The number of H-pyrrole nitrogens is 1. The molecule has 116 valence electrons.